The monoisotopic (exact) mass is 496 g/mol. The second-order valence-corrected chi connectivity index (χ2v) is 14.2. The molecule has 3 nitrogen and oxygen atoms in total. The molecule has 0 aliphatic carbocycles. The van der Waals surface area contributed by atoms with Gasteiger partial charge < -0.3 is 9.16 Å². The summed E-state index contributed by atoms with van der Waals surface area (Å²) in [5.41, 5.74) is 0.521. The van der Waals surface area contributed by atoms with Crippen molar-refractivity contribution in [3.05, 3.63) is 109 Å². The van der Waals surface area contributed by atoms with E-state index in [1.165, 1.54) is 10.4 Å². The second-order valence-electron chi connectivity index (χ2n) is 9.96. The van der Waals surface area contributed by atoms with Gasteiger partial charge in [0.15, 0.2) is 0 Å². The van der Waals surface area contributed by atoms with E-state index in [1.54, 1.807) is 18.2 Å². The lowest BCUT2D eigenvalue weighted by atomic mass is 10.1. The maximum absolute atomic E-state index is 12.8. The van der Waals surface area contributed by atoms with Gasteiger partial charge in [-0.15, -0.1) is 18.9 Å². The van der Waals surface area contributed by atoms with Crippen molar-refractivity contribution >= 4 is 24.7 Å². The third kappa shape index (κ3) is 6.43. The molecule has 0 saturated heterocycles. The molecule has 2 atom stereocenters. The Bertz CT molecular complexity index is 1110. The largest absolute Gasteiger partial charge is 0.458 e. The Morgan fingerprint density at radius 1 is 0.917 bits per heavy atom. The van der Waals surface area contributed by atoms with Gasteiger partial charge in [-0.1, -0.05) is 106 Å². The highest BCUT2D eigenvalue weighted by Crippen LogP contribution is 2.38. The van der Waals surface area contributed by atoms with E-state index >= 15 is 0 Å². The van der Waals surface area contributed by atoms with Crippen molar-refractivity contribution in [3.63, 3.8) is 0 Å². The number of terminal acetylenes is 1. The second kappa shape index (κ2) is 12.5. The number of hydrogen-bond acceptors (Lipinski definition) is 3. The molecule has 3 aromatic rings. The molecule has 0 aromatic heterocycles. The lowest BCUT2D eigenvalue weighted by molar-refractivity contribution is 0.0180. The number of hydrogen-bond donors (Lipinski definition) is 0. The summed E-state index contributed by atoms with van der Waals surface area (Å²) in [6.45, 7) is 10.6. The van der Waals surface area contributed by atoms with Gasteiger partial charge in [0, 0.05) is 19.3 Å². The Morgan fingerprint density at radius 3 is 1.86 bits per heavy atom. The molecule has 0 heterocycles. The lowest BCUT2D eigenvalue weighted by Crippen LogP contribution is -2.67. The average Bonchev–Trinajstić information content (AvgIpc) is 2.88. The van der Waals surface area contributed by atoms with E-state index in [4.69, 9.17) is 15.6 Å². The maximum Gasteiger partial charge on any atom is 0.338 e. The Labute approximate surface area is 217 Å². The van der Waals surface area contributed by atoms with Crippen LogP contribution in [-0.4, -0.2) is 26.5 Å². The van der Waals surface area contributed by atoms with Crippen molar-refractivity contribution < 1.29 is 14.0 Å². The topological polar surface area (TPSA) is 35.5 Å². The van der Waals surface area contributed by atoms with Crippen LogP contribution in [0.2, 0.25) is 5.04 Å². The van der Waals surface area contributed by atoms with Crippen molar-refractivity contribution in [1.29, 1.82) is 0 Å². The van der Waals surface area contributed by atoms with Crippen LogP contribution in [0.5, 0.6) is 0 Å². The van der Waals surface area contributed by atoms with Crippen LogP contribution in [-0.2, 0) is 9.16 Å². The minimum absolute atomic E-state index is 0.183. The Kier molecular flexibility index (Phi) is 9.47. The van der Waals surface area contributed by atoms with Crippen LogP contribution in [0.3, 0.4) is 0 Å². The molecular weight excluding hydrogens is 460 g/mol. The van der Waals surface area contributed by atoms with Gasteiger partial charge in [0.2, 0.25) is 0 Å². The fourth-order valence-corrected chi connectivity index (χ4v) is 9.41. The van der Waals surface area contributed by atoms with Crippen molar-refractivity contribution in [3.8, 4) is 12.3 Å². The summed E-state index contributed by atoms with van der Waals surface area (Å²) in [5.74, 6) is 2.45. The van der Waals surface area contributed by atoms with E-state index in [0.29, 0.717) is 24.8 Å². The quantitative estimate of drug-likeness (QED) is 0.138. The van der Waals surface area contributed by atoms with Gasteiger partial charge in [0.05, 0.1) is 11.7 Å². The Morgan fingerprint density at radius 2 is 1.42 bits per heavy atom. The first-order valence-corrected chi connectivity index (χ1v) is 14.3. The molecule has 0 unspecified atom stereocenters. The summed E-state index contributed by atoms with van der Waals surface area (Å²) in [6.07, 6.45) is 8.34. The zero-order valence-electron chi connectivity index (χ0n) is 21.5. The number of rotatable bonds is 11. The molecule has 36 heavy (non-hydrogen) atoms. The smallest absolute Gasteiger partial charge is 0.338 e. The van der Waals surface area contributed by atoms with E-state index in [-0.39, 0.29) is 17.1 Å². The SMILES string of the molecule is C#CC[C@@H](C[C@@H](CC=C)OC(=O)c1ccccc1)O[Si](c1ccccc1)(c1ccccc1)C(C)(C)C. The summed E-state index contributed by atoms with van der Waals surface area (Å²) in [6, 6.07) is 30.0. The van der Waals surface area contributed by atoms with Crippen LogP contribution in [0.15, 0.2) is 104 Å². The van der Waals surface area contributed by atoms with Crippen LogP contribution in [0.25, 0.3) is 0 Å². The highest BCUT2D eigenvalue weighted by molar-refractivity contribution is 6.99. The van der Waals surface area contributed by atoms with Crippen molar-refractivity contribution in [2.75, 3.05) is 0 Å². The molecule has 3 rings (SSSR count). The minimum Gasteiger partial charge on any atom is -0.458 e. The molecule has 0 N–H and O–H groups in total. The van der Waals surface area contributed by atoms with E-state index in [2.05, 4.69) is 81.8 Å². The number of ether oxygens (including phenoxy) is 1. The molecule has 3 aromatic carbocycles. The van der Waals surface area contributed by atoms with Gasteiger partial charge in [0.1, 0.15) is 6.10 Å². The zero-order valence-corrected chi connectivity index (χ0v) is 22.5. The number of benzene rings is 3. The van der Waals surface area contributed by atoms with Crippen LogP contribution in [0, 0.1) is 12.3 Å². The molecule has 0 amide bonds. The van der Waals surface area contributed by atoms with Gasteiger partial charge in [-0.05, 0) is 27.5 Å². The first-order chi connectivity index (χ1) is 17.3. The lowest BCUT2D eigenvalue weighted by Gasteiger charge is -2.45. The van der Waals surface area contributed by atoms with Gasteiger partial charge in [0.25, 0.3) is 8.32 Å². The van der Waals surface area contributed by atoms with Gasteiger partial charge in [-0.25, -0.2) is 4.79 Å². The van der Waals surface area contributed by atoms with Crippen molar-refractivity contribution in [2.24, 2.45) is 0 Å². The van der Waals surface area contributed by atoms with E-state index in [0.717, 1.165) is 0 Å². The minimum atomic E-state index is -2.81. The molecule has 0 bridgehead atoms. The van der Waals surface area contributed by atoms with Gasteiger partial charge in [-0.3, -0.25) is 0 Å². The van der Waals surface area contributed by atoms with Crippen LogP contribution >= 0.6 is 0 Å². The third-order valence-corrected chi connectivity index (χ3v) is 11.4. The molecule has 186 valence electrons. The molecule has 4 heteroatoms. The van der Waals surface area contributed by atoms with Gasteiger partial charge in [-0.2, -0.15) is 0 Å². The van der Waals surface area contributed by atoms with Crippen molar-refractivity contribution in [2.45, 2.75) is 57.3 Å². The standard InChI is InChI=1S/C32H36O3Si/c1-6-17-27(34-31(33)26-19-11-8-12-20-26)25-28(18-7-2)35-36(32(3,4)5,29-21-13-9-14-22-29)30-23-15-10-16-24-30/h2,6,8-16,19-24,27-28H,1,17-18,25H2,3-5H3/t27-,28+/m1/s1. The number of carbonyl (C=O) groups excluding carboxylic acids is 1. The predicted octanol–water partition coefficient (Wildman–Crippen LogP) is 6.15. The van der Waals surface area contributed by atoms with Crippen LogP contribution < -0.4 is 10.4 Å². The predicted molar refractivity (Wildman–Crippen MR) is 151 cm³/mol. The molecule has 0 saturated carbocycles. The number of carbonyl (C=O) groups is 1. The summed E-state index contributed by atoms with van der Waals surface area (Å²) >= 11 is 0. The fourth-order valence-electron chi connectivity index (χ4n) is 4.71. The molecule has 0 aliphatic rings. The normalized spacial score (nSPS) is 13.3. The highest BCUT2D eigenvalue weighted by atomic mass is 28.4. The first-order valence-electron chi connectivity index (χ1n) is 12.4. The van der Waals surface area contributed by atoms with E-state index < -0.39 is 14.4 Å². The van der Waals surface area contributed by atoms with Crippen LogP contribution in [0.1, 0.15) is 50.4 Å². The molecular formula is C32H36O3Si. The maximum atomic E-state index is 12.8. The summed E-state index contributed by atoms with van der Waals surface area (Å²) in [4.78, 5) is 12.8. The highest BCUT2D eigenvalue weighted by Gasteiger charge is 2.51. The molecule has 0 fully saturated rings. The zero-order chi connectivity index (χ0) is 26.0. The average molecular weight is 497 g/mol. The van der Waals surface area contributed by atoms with E-state index in [1.807, 2.05) is 30.3 Å². The van der Waals surface area contributed by atoms with E-state index in [9.17, 15) is 4.79 Å². The molecule has 0 radical (unpaired) electrons. The Balaban J connectivity index is 1.99. The Hall–Kier alpha value is -3.39. The fraction of sp³-hybridized carbons (Fsp3) is 0.281. The van der Waals surface area contributed by atoms with Gasteiger partial charge >= 0.3 is 5.97 Å². The van der Waals surface area contributed by atoms with Crippen molar-refractivity contribution in [1.82, 2.24) is 0 Å². The molecule has 0 spiro atoms. The summed E-state index contributed by atoms with van der Waals surface area (Å²) in [5, 5.41) is 2.19. The summed E-state index contributed by atoms with van der Waals surface area (Å²) in [7, 11) is -2.81. The van der Waals surface area contributed by atoms with Crippen LogP contribution in [0.4, 0.5) is 0 Å². The third-order valence-electron chi connectivity index (χ3n) is 6.34. The first kappa shape index (κ1) is 27.2. The molecule has 0 aliphatic heterocycles. The summed E-state index contributed by atoms with van der Waals surface area (Å²) < 4.78 is 13.2. The number of esters is 1.